The van der Waals surface area contributed by atoms with Gasteiger partial charge in [-0.3, -0.25) is 14.6 Å². The second-order valence-corrected chi connectivity index (χ2v) is 7.92. The summed E-state index contributed by atoms with van der Waals surface area (Å²) < 4.78 is 5.45. The van der Waals surface area contributed by atoms with Crippen LogP contribution in [0.4, 0.5) is 0 Å². The molecule has 154 valence electrons. The Labute approximate surface area is 174 Å². The summed E-state index contributed by atoms with van der Waals surface area (Å²) in [5, 5.41) is 1.03. The summed E-state index contributed by atoms with van der Waals surface area (Å²) in [6.07, 6.45) is 4.55. The third-order valence-corrected chi connectivity index (χ3v) is 6.29. The zero-order valence-corrected chi connectivity index (χ0v) is 16.8. The Hall–Kier alpha value is -3.19. The van der Waals surface area contributed by atoms with E-state index in [0.29, 0.717) is 18.8 Å². The summed E-state index contributed by atoms with van der Waals surface area (Å²) in [6, 6.07) is 13.7. The summed E-state index contributed by atoms with van der Waals surface area (Å²) in [7, 11) is 1.58. The molecule has 1 aromatic carbocycles. The number of amides is 2. The predicted molar refractivity (Wildman–Crippen MR) is 112 cm³/mol. The number of piperidine rings is 1. The molecule has 2 unspecified atom stereocenters. The number of carbonyl (C=O) groups is 2. The molecule has 2 aliphatic rings. The number of hydrogen-bond donors (Lipinski definition) is 1. The zero-order valence-electron chi connectivity index (χ0n) is 16.8. The predicted octanol–water partition coefficient (Wildman–Crippen LogP) is 2.77. The summed E-state index contributed by atoms with van der Waals surface area (Å²) >= 11 is 0. The molecular weight excluding hydrogens is 380 g/mol. The highest BCUT2D eigenvalue weighted by atomic mass is 16.5. The number of ether oxygens (including phenoxy) is 1. The fourth-order valence-electron chi connectivity index (χ4n) is 4.72. The monoisotopic (exact) mass is 404 g/mol. The molecule has 0 saturated carbocycles. The lowest BCUT2D eigenvalue weighted by Gasteiger charge is -2.52. The maximum atomic E-state index is 13.0. The molecule has 1 N–H and O–H groups in total. The van der Waals surface area contributed by atoms with Crippen molar-refractivity contribution in [3.05, 3.63) is 66.1 Å². The van der Waals surface area contributed by atoms with E-state index < -0.39 is 6.10 Å². The number of pyridine rings is 1. The van der Waals surface area contributed by atoms with Crippen molar-refractivity contribution in [2.45, 2.75) is 31.0 Å². The summed E-state index contributed by atoms with van der Waals surface area (Å²) in [6.45, 7) is 1.26. The smallest absolute Gasteiger partial charge is 0.270 e. The number of β-lactam (4-membered cyclic amide) rings is 1. The lowest BCUT2D eigenvalue weighted by atomic mass is 9.86. The van der Waals surface area contributed by atoms with E-state index >= 15 is 0 Å². The quantitative estimate of drug-likeness (QED) is 0.679. The van der Waals surface area contributed by atoms with Gasteiger partial charge < -0.3 is 19.5 Å². The molecule has 2 aromatic heterocycles. The first kappa shape index (κ1) is 18.8. The number of aromatic amines is 1. The van der Waals surface area contributed by atoms with E-state index in [-0.39, 0.29) is 23.9 Å². The van der Waals surface area contributed by atoms with Gasteiger partial charge in [0.1, 0.15) is 5.69 Å². The lowest BCUT2D eigenvalue weighted by Crippen LogP contribution is -2.64. The highest BCUT2D eigenvalue weighted by Crippen LogP contribution is 2.40. The first-order valence-corrected chi connectivity index (χ1v) is 10.3. The highest BCUT2D eigenvalue weighted by Gasteiger charge is 2.51. The van der Waals surface area contributed by atoms with Crippen molar-refractivity contribution in [1.29, 1.82) is 0 Å². The van der Waals surface area contributed by atoms with Crippen LogP contribution in [0, 0.1) is 0 Å². The van der Waals surface area contributed by atoms with Gasteiger partial charge in [0.25, 0.3) is 11.8 Å². The SMILES string of the molecule is COC1C(=O)N(C2CCN(C(=O)c3cc4ccccc4[nH]3)CC2)C1c1ccncc1. The number of H-pyrrole nitrogens is 1. The average molecular weight is 404 g/mol. The van der Waals surface area contributed by atoms with Gasteiger partial charge in [-0.15, -0.1) is 0 Å². The molecule has 2 amide bonds. The molecule has 7 nitrogen and oxygen atoms in total. The van der Waals surface area contributed by atoms with Crippen molar-refractivity contribution in [3.8, 4) is 0 Å². The van der Waals surface area contributed by atoms with Crippen LogP contribution in [0.1, 0.15) is 34.9 Å². The Morgan fingerprint density at radius 1 is 1.13 bits per heavy atom. The topological polar surface area (TPSA) is 78.5 Å². The van der Waals surface area contributed by atoms with Gasteiger partial charge in [0.2, 0.25) is 0 Å². The van der Waals surface area contributed by atoms with Crippen LogP contribution in [0.2, 0.25) is 0 Å². The molecule has 2 saturated heterocycles. The Morgan fingerprint density at radius 2 is 1.87 bits per heavy atom. The Bertz CT molecular complexity index is 1040. The van der Waals surface area contributed by atoms with E-state index in [1.165, 1.54) is 0 Å². The third-order valence-electron chi connectivity index (χ3n) is 6.29. The molecule has 30 heavy (non-hydrogen) atoms. The van der Waals surface area contributed by atoms with Crippen molar-refractivity contribution in [3.63, 3.8) is 0 Å². The van der Waals surface area contributed by atoms with Crippen LogP contribution >= 0.6 is 0 Å². The van der Waals surface area contributed by atoms with Crippen LogP contribution in [-0.4, -0.2) is 63.9 Å². The van der Waals surface area contributed by atoms with Crippen molar-refractivity contribution < 1.29 is 14.3 Å². The average Bonchev–Trinajstić information content (AvgIpc) is 3.22. The molecule has 5 rings (SSSR count). The number of likely N-dealkylation sites (tertiary alicyclic amines) is 2. The minimum Gasteiger partial charge on any atom is -0.369 e. The number of fused-ring (bicyclic) bond motifs is 1. The van der Waals surface area contributed by atoms with Crippen LogP contribution in [0.25, 0.3) is 10.9 Å². The largest absolute Gasteiger partial charge is 0.369 e. The van der Waals surface area contributed by atoms with Crippen molar-refractivity contribution >= 4 is 22.7 Å². The third kappa shape index (κ3) is 3.06. The first-order chi connectivity index (χ1) is 14.7. The van der Waals surface area contributed by atoms with Crippen molar-refractivity contribution in [1.82, 2.24) is 19.8 Å². The van der Waals surface area contributed by atoms with Gasteiger partial charge in [0.05, 0.1) is 6.04 Å². The van der Waals surface area contributed by atoms with E-state index in [2.05, 4.69) is 9.97 Å². The van der Waals surface area contributed by atoms with E-state index in [1.54, 1.807) is 19.5 Å². The maximum Gasteiger partial charge on any atom is 0.270 e. The lowest BCUT2D eigenvalue weighted by molar-refractivity contribution is -0.178. The number of para-hydroxylation sites is 1. The fourth-order valence-corrected chi connectivity index (χ4v) is 4.72. The van der Waals surface area contributed by atoms with Gasteiger partial charge in [0, 0.05) is 49.5 Å². The minimum absolute atomic E-state index is 0.0139. The Morgan fingerprint density at radius 3 is 2.57 bits per heavy atom. The summed E-state index contributed by atoms with van der Waals surface area (Å²) in [5.41, 5.74) is 2.62. The van der Waals surface area contributed by atoms with E-state index in [9.17, 15) is 9.59 Å². The summed E-state index contributed by atoms with van der Waals surface area (Å²) in [4.78, 5) is 36.8. The Balaban J connectivity index is 1.28. The van der Waals surface area contributed by atoms with Crippen LogP contribution < -0.4 is 0 Å². The van der Waals surface area contributed by atoms with Gasteiger partial charge in [-0.25, -0.2) is 0 Å². The zero-order chi connectivity index (χ0) is 20.7. The van der Waals surface area contributed by atoms with Gasteiger partial charge >= 0.3 is 0 Å². The number of carbonyl (C=O) groups excluding carboxylic acids is 2. The number of hydrogen-bond acceptors (Lipinski definition) is 4. The number of rotatable bonds is 4. The Kier molecular flexibility index (Phi) is 4.75. The molecular formula is C23H24N4O3. The molecule has 2 atom stereocenters. The van der Waals surface area contributed by atoms with Gasteiger partial charge in [-0.05, 0) is 42.7 Å². The second-order valence-electron chi connectivity index (χ2n) is 7.92. The molecule has 4 heterocycles. The van der Waals surface area contributed by atoms with Gasteiger partial charge in [-0.1, -0.05) is 18.2 Å². The number of aromatic nitrogens is 2. The van der Waals surface area contributed by atoms with Crippen LogP contribution in [0.15, 0.2) is 54.9 Å². The van der Waals surface area contributed by atoms with Crippen molar-refractivity contribution in [2.24, 2.45) is 0 Å². The number of nitrogens with zero attached hydrogens (tertiary/aromatic N) is 3. The molecule has 0 radical (unpaired) electrons. The molecule has 3 aromatic rings. The fraction of sp³-hybridized carbons (Fsp3) is 0.348. The molecule has 0 bridgehead atoms. The molecule has 2 aliphatic heterocycles. The van der Waals surface area contributed by atoms with E-state index in [0.717, 1.165) is 29.3 Å². The first-order valence-electron chi connectivity index (χ1n) is 10.3. The molecule has 7 heteroatoms. The van der Waals surface area contributed by atoms with Crippen LogP contribution in [0.3, 0.4) is 0 Å². The molecule has 0 aliphatic carbocycles. The molecule has 0 spiro atoms. The number of methoxy groups -OCH3 is 1. The maximum absolute atomic E-state index is 13.0. The van der Waals surface area contributed by atoms with E-state index in [4.69, 9.17) is 4.74 Å². The van der Waals surface area contributed by atoms with Crippen LogP contribution in [-0.2, 0) is 9.53 Å². The highest BCUT2D eigenvalue weighted by molar-refractivity contribution is 5.98. The van der Waals surface area contributed by atoms with Crippen molar-refractivity contribution in [2.75, 3.05) is 20.2 Å². The van der Waals surface area contributed by atoms with E-state index in [1.807, 2.05) is 52.3 Å². The standard InChI is InChI=1S/C23H24N4O3/c1-30-21-20(15-6-10-24-11-7-15)27(23(21)29)17-8-12-26(13-9-17)22(28)19-14-16-4-2-3-5-18(16)25-19/h2-7,10-11,14,17,20-21,25H,8-9,12-13H2,1H3. The number of nitrogens with one attached hydrogen (secondary N) is 1. The van der Waals surface area contributed by atoms with Gasteiger partial charge in [0.15, 0.2) is 6.10 Å². The number of benzene rings is 1. The van der Waals surface area contributed by atoms with Crippen LogP contribution in [0.5, 0.6) is 0 Å². The molecule has 2 fully saturated rings. The van der Waals surface area contributed by atoms with Gasteiger partial charge in [-0.2, -0.15) is 0 Å². The minimum atomic E-state index is -0.446. The second kappa shape index (κ2) is 7.57. The normalized spacial score (nSPS) is 22.4. The summed E-state index contributed by atoms with van der Waals surface area (Å²) in [5.74, 6) is 0.0414.